The van der Waals surface area contributed by atoms with Crippen molar-refractivity contribution in [3.05, 3.63) is 47.9 Å². The molecule has 2 fully saturated rings. The van der Waals surface area contributed by atoms with E-state index >= 15 is 0 Å². The second-order valence-electron chi connectivity index (χ2n) is 8.74. The van der Waals surface area contributed by atoms with Gasteiger partial charge in [0.2, 0.25) is 5.91 Å². The molecule has 32 heavy (non-hydrogen) atoms. The highest BCUT2D eigenvalue weighted by Gasteiger charge is 2.32. The molecule has 1 unspecified atom stereocenters. The molecule has 3 N–H and O–H groups in total. The first-order valence-electron chi connectivity index (χ1n) is 11.4. The summed E-state index contributed by atoms with van der Waals surface area (Å²) in [6.45, 7) is 0.295. The molecule has 3 aromatic rings. The van der Waals surface area contributed by atoms with Gasteiger partial charge in [0.1, 0.15) is 17.9 Å². The van der Waals surface area contributed by atoms with Crippen molar-refractivity contribution in [2.75, 3.05) is 0 Å². The van der Waals surface area contributed by atoms with Gasteiger partial charge in [-0.3, -0.25) is 9.59 Å². The summed E-state index contributed by atoms with van der Waals surface area (Å²) in [5.74, 6) is 0.0661. The zero-order chi connectivity index (χ0) is 21.9. The van der Waals surface area contributed by atoms with Gasteiger partial charge in [-0.15, -0.1) is 0 Å². The Morgan fingerprint density at radius 2 is 1.97 bits per heavy atom. The van der Waals surface area contributed by atoms with Gasteiger partial charge in [-0.1, -0.05) is 19.3 Å². The highest BCUT2D eigenvalue weighted by Crippen LogP contribution is 2.39. The van der Waals surface area contributed by atoms with Gasteiger partial charge in [-0.2, -0.15) is 0 Å². The fraction of sp³-hybridized carbons (Fsp3) is 0.478. The van der Waals surface area contributed by atoms with Crippen molar-refractivity contribution in [2.45, 2.75) is 63.5 Å². The SMILES string of the molecule is O=C(NC(C(=O)NCc1ccncn1)C1CCCCC1)c1c[nH]c2ncc(C3CC3)nc12. The van der Waals surface area contributed by atoms with Crippen molar-refractivity contribution >= 4 is 23.0 Å². The Balaban J connectivity index is 1.34. The van der Waals surface area contributed by atoms with E-state index in [2.05, 4.69) is 35.6 Å². The van der Waals surface area contributed by atoms with Crippen LogP contribution in [0.25, 0.3) is 11.2 Å². The summed E-state index contributed by atoms with van der Waals surface area (Å²) >= 11 is 0. The third kappa shape index (κ3) is 4.46. The molecular formula is C23H27N7O2. The Hall–Kier alpha value is -3.36. The topological polar surface area (TPSA) is 126 Å². The lowest BCUT2D eigenvalue weighted by Gasteiger charge is -2.30. The monoisotopic (exact) mass is 433 g/mol. The summed E-state index contributed by atoms with van der Waals surface area (Å²) in [5.41, 5.74) is 3.23. The molecule has 2 amide bonds. The summed E-state index contributed by atoms with van der Waals surface area (Å²) in [6.07, 6.45) is 13.9. The number of carbonyl (C=O) groups is 2. The van der Waals surface area contributed by atoms with Crippen molar-refractivity contribution in [1.82, 2.24) is 35.6 Å². The van der Waals surface area contributed by atoms with E-state index in [4.69, 9.17) is 0 Å². The largest absolute Gasteiger partial charge is 0.349 e. The smallest absolute Gasteiger partial charge is 0.255 e. The van der Waals surface area contributed by atoms with Crippen LogP contribution in [0.1, 0.15) is 72.6 Å². The van der Waals surface area contributed by atoms with Crippen molar-refractivity contribution in [3.8, 4) is 0 Å². The van der Waals surface area contributed by atoms with Gasteiger partial charge in [0.15, 0.2) is 5.65 Å². The molecule has 0 aromatic carbocycles. The number of carbonyl (C=O) groups excluding carboxylic acids is 2. The number of nitrogens with zero attached hydrogens (tertiary/aromatic N) is 4. The Morgan fingerprint density at radius 3 is 2.72 bits per heavy atom. The molecule has 0 bridgehead atoms. The van der Waals surface area contributed by atoms with E-state index in [1.807, 2.05) is 0 Å². The van der Waals surface area contributed by atoms with Crippen LogP contribution in [0.5, 0.6) is 0 Å². The molecule has 0 saturated heterocycles. The quantitative estimate of drug-likeness (QED) is 0.526. The number of aromatic amines is 1. The predicted molar refractivity (Wildman–Crippen MR) is 118 cm³/mol. The van der Waals surface area contributed by atoms with Crippen molar-refractivity contribution in [3.63, 3.8) is 0 Å². The zero-order valence-corrected chi connectivity index (χ0v) is 17.9. The second-order valence-corrected chi connectivity index (χ2v) is 8.74. The maximum absolute atomic E-state index is 13.2. The van der Waals surface area contributed by atoms with Crippen LogP contribution in [0.3, 0.4) is 0 Å². The number of aromatic nitrogens is 5. The molecule has 3 heterocycles. The van der Waals surface area contributed by atoms with E-state index in [0.29, 0.717) is 29.2 Å². The average Bonchev–Trinajstić information content (AvgIpc) is 3.61. The van der Waals surface area contributed by atoms with Crippen molar-refractivity contribution in [1.29, 1.82) is 0 Å². The van der Waals surface area contributed by atoms with E-state index in [0.717, 1.165) is 49.9 Å². The molecule has 9 heteroatoms. The summed E-state index contributed by atoms with van der Waals surface area (Å²) in [5, 5.41) is 5.95. The molecule has 0 aliphatic heterocycles. The minimum atomic E-state index is -0.603. The summed E-state index contributed by atoms with van der Waals surface area (Å²) in [4.78, 5) is 46.6. The van der Waals surface area contributed by atoms with Crippen LogP contribution in [0.2, 0.25) is 0 Å². The first kappa shape index (κ1) is 20.5. The molecule has 2 aliphatic carbocycles. The molecule has 3 aromatic heterocycles. The lowest BCUT2D eigenvalue weighted by molar-refractivity contribution is -0.124. The van der Waals surface area contributed by atoms with E-state index in [-0.39, 0.29) is 17.7 Å². The third-order valence-corrected chi connectivity index (χ3v) is 6.42. The summed E-state index contributed by atoms with van der Waals surface area (Å²) in [7, 11) is 0. The fourth-order valence-corrected chi connectivity index (χ4v) is 4.45. The number of nitrogens with one attached hydrogen (secondary N) is 3. The number of H-pyrrole nitrogens is 1. The minimum absolute atomic E-state index is 0.108. The maximum Gasteiger partial charge on any atom is 0.255 e. The van der Waals surface area contributed by atoms with Gasteiger partial charge >= 0.3 is 0 Å². The number of fused-ring (bicyclic) bond motifs is 1. The summed E-state index contributed by atoms with van der Waals surface area (Å²) < 4.78 is 0. The van der Waals surface area contributed by atoms with Gasteiger partial charge in [-0.25, -0.2) is 19.9 Å². The van der Waals surface area contributed by atoms with Crippen LogP contribution in [0, 0.1) is 5.92 Å². The highest BCUT2D eigenvalue weighted by molar-refractivity contribution is 6.06. The highest BCUT2D eigenvalue weighted by atomic mass is 16.2. The van der Waals surface area contributed by atoms with Gasteiger partial charge in [0, 0.05) is 18.3 Å². The number of hydrogen-bond acceptors (Lipinski definition) is 6. The van der Waals surface area contributed by atoms with Crippen LogP contribution in [-0.4, -0.2) is 42.8 Å². The lowest BCUT2D eigenvalue weighted by Crippen LogP contribution is -2.51. The Labute approximate surface area is 185 Å². The van der Waals surface area contributed by atoms with Gasteiger partial charge in [-0.05, 0) is 37.7 Å². The molecular weight excluding hydrogens is 406 g/mol. The average molecular weight is 434 g/mol. The van der Waals surface area contributed by atoms with E-state index < -0.39 is 6.04 Å². The van der Waals surface area contributed by atoms with Gasteiger partial charge in [0.25, 0.3) is 5.91 Å². The van der Waals surface area contributed by atoms with E-state index in [9.17, 15) is 9.59 Å². The Bertz CT molecular complexity index is 1100. The number of rotatable bonds is 7. The van der Waals surface area contributed by atoms with Crippen LogP contribution in [0.4, 0.5) is 0 Å². The summed E-state index contributed by atoms with van der Waals surface area (Å²) in [6, 6.07) is 1.16. The predicted octanol–water partition coefficient (Wildman–Crippen LogP) is 2.62. The first-order chi connectivity index (χ1) is 15.7. The third-order valence-electron chi connectivity index (χ3n) is 6.42. The molecule has 0 spiro atoms. The molecule has 1 atom stereocenters. The molecule has 2 saturated carbocycles. The molecule has 0 radical (unpaired) electrons. The molecule has 9 nitrogen and oxygen atoms in total. The first-order valence-corrected chi connectivity index (χ1v) is 11.4. The Morgan fingerprint density at radius 1 is 1.12 bits per heavy atom. The van der Waals surface area contributed by atoms with Crippen LogP contribution >= 0.6 is 0 Å². The zero-order valence-electron chi connectivity index (χ0n) is 17.9. The van der Waals surface area contributed by atoms with E-state index in [1.165, 1.54) is 12.7 Å². The molecule has 2 aliphatic rings. The number of amides is 2. The maximum atomic E-state index is 13.2. The van der Waals surface area contributed by atoms with Gasteiger partial charge < -0.3 is 15.6 Å². The molecule has 166 valence electrons. The minimum Gasteiger partial charge on any atom is -0.349 e. The van der Waals surface area contributed by atoms with Crippen LogP contribution in [0.15, 0.2) is 31.0 Å². The number of hydrogen-bond donors (Lipinski definition) is 3. The normalized spacial score (nSPS) is 17.8. The second kappa shape index (κ2) is 9.02. The lowest BCUT2D eigenvalue weighted by atomic mass is 9.83. The van der Waals surface area contributed by atoms with Crippen LogP contribution < -0.4 is 10.6 Å². The van der Waals surface area contributed by atoms with E-state index in [1.54, 1.807) is 24.7 Å². The fourth-order valence-electron chi connectivity index (χ4n) is 4.45. The van der Waals surface area contributed by atoms with Crippen LogP contribution in [-0.2, 0) is 11.3 Å². The molecule has 5 rings (SSSR count). The Kier molecular flexibility index (Phi) is 5.79. The van der Waals surface area contributed by atoms with Gasteiger partial charge in [0.05, 0.1) is 29.7 Å². The van der Waals surface area contributed by atoms with Crippen molar-refractivity contribution < 1.29 is 9.59 Å². The van der Waals surface area contributed by atoms with Crippen molar-refractivity contribution in [2.24, 2.45) is 5.92 Å². The standard InChI is InChI=1S/C23H27N7O2/c31-22(17-11-25-21-20(17)29-18(12-26-21)14-6-7-14)30-19(15-4-2-1-3-5-15)23(32)27-10-16-8-9-24-13-28-16/h8-9,11-15,19H,1-7,10H2,(H,25,26)(H,27,32)(H,30,31).